The van der Waals surface area contributed by atoms with Crippen molar-refractivity contribution in [2.75, 3.05) is 4.90 Å². The maximum absolute atomic E-state index is 6.88. The highest BCUT2D eigenvalue weighted by Crippen LogP contribution is 2.52. The van der Waals surface area contributed by atoms with Crippen LogP contribution in [-0.2, 0) is 5.41 Å². The molecule has 47 heavy (non-hydrogen) atoms. The van der Waals surface area contributed by atoms with Crippen LogP contribution in [-0.4, -0.2) is 6.71 Å². The van der Waals surface area contributed by atoms with Crippen LogP contribution in [0, 0.1) is 0 Å². The molecule has 0 radical (unpaired) electrons. The first-order valence-corrected chi connectivity index (χ1v) is 17.0. The molecular formula is C43H26BNOS. The standard InChI is InChI=1S/C43H26BNOS/c1-3-12-27(13-4-1)43(28-14-5-2-6-15-28)32-17-9-19-34-40(32)44-41-33(43)18-10-21-36(41)46-37-22-11-20-35(42(37)44)45(34)29-24-25-31-30-16-7-8-23-38(30)47-39(31)26-29/h1-26H. The number of hydrogen-bond acceptors (Lipinski definition) is 3. The summed E-state index contributed by atoms with van der Waals surface area (Å²) in [6, 6.07) is 58.0. The molecule has 0 unspecified atom stereocenters. The summed E-state index contributed by atoms with van der Waals surface area (Å²) in [4.78, 5) is 2.49. The second-order valence-corrected chi connectivity index (χ2v) is 13.9. The zero-order valence-corrected chi connectivity index (χ0v) is 26.2. The van der Waals surface area contributed by atoms with Crippen LogP contribution in [0.2, 0.25) is 0 Å². The molecule has 0 N–H and O–H groups in total. The molecule has 0 saturated carbocycles. The van der Waals surface area contributed by atoms with Gasteiger partial charge < -0.3 is 9.64 Å². The summed E-state index contributed by atoms with van der Waals surface area (Å²) in [5.74, 6) is 1.89. The normalized spacial score (nSPS) is 14.6. The van der Waals surface area contributed by atoms with E-state index < -0.39 is 5.41 Å². The highest BCUT2D eigenvalue weighted by molar-refractivity contribution is 7.25. The molecule has 0 saturated heterocycles. The van der Waals surface area contributed by atoms with E-state index in [9.17, 15) is 0 Å². The zero-order chi connectivity index (χ0) is 30.7. The van der Waals surface area contributed by atoms with Gasteiger partial charge in [0.15, 0.2) is 0 Å². The Morgan fingerprint density at radius 3 is 1.85 bits per heavy atom. The van der Waals surface area contributed by atoms with Gasteiger partial charge in [-0.2, -0.15) is 0 Å². The van der Waals surface area contributed by atoms with Crippen LogP contribution < -0.4 is 26.0 Å². The summed E-state index contributed by atoms with van der Waals surface area (Å²) in [6.45, 7) is 0.0669. The zero-order valence-electron chi connectivity index (χ0n) is 25.4. The number of rotatable bonds is 3. The molecule has 0 aliphatic carbocycles. The monoisotopic (exact) mass is 615 g/mol. The first kappa shape index (κ1) is 25.6. The summed E-state index contributed by atoms with van der Waals surface area (Å²) < 4.78 is 9.50. The van der Waals surface area contributed by atoms with E-state index in [-0.39, 0.29) is 6.71 Å². The molecule has 8 aromatic rings. The number of fused-ring (bicyclic) bond motifs is 3. The van der Waals surface area contributed by atoms with Crippen LogP contribution in [0.15, 0.2) is 158 Å². The molecular weight excluding hydrogens is 589 g/mol. The van der Waals surface area contributed by atoms with Crippen LogP contribution in [0.3, 0.4) is 0 Å². The lowest BCUT2D eigenvalue weighted by Crippen LogP contribution is -2.66. The first-order chi connectivity index (χ1) is 23.3. The minimum Gasteiger partial charge on any atom is -0.458 e. The minimum absolute atomic E-state index is 0.0669. The number of benzene rings is 7. The summed E-state index contributed by atoms with van der Waals surface area (Å²) in [6.07, 6.45) is 0. The van der Waals surface area contributed by atoms with Crippen LogP contribution in [0.25, 0.3) is 20.2 Å². The lowest BCUT2D eigenvalue weighted by atomic mass is 9.28. The van der Waals surface area contributed by atoms with Crippen molar-refractivity contribution in [2.24, 2.45) is 0 Å². The van der Waals surface area contributed by atoms with Crippen LogP contribution in [0.5, 0.6) is 11.5 Å². The second kappa shape index (κ2) is 9.25. The molecule has 4 heterocycles. The van der Waals surface area contributed by atoms with Gasteiger partial charge in [0.2, 0.25) is 0 Å². The summed E-state index contributed by atoms with van der Waals surface area (Å²) in [5.41, 5.74) is 12.1. The number of thiophene rings is 1. The van der Waals surface area contributed by atoms with Crippen molar-refractivity contribution in [1.29, 1.82) is 0 Å². The van der Waals surface area contributed by atoms with Gasteiger partial charge >= 0.3 is 0 Å². The first-order valence-electron chi connectivity index (χ1n) is 16.2. The molecule has 0 fully saturated rings. The van der Waals surface area contributed by atoms with Gasteiger partial charge in [-0.05, 0) is 81.1 Å². The van der Waals surface area contributed by atoms with E-state index in [1.165, 1.54) is 75.9 Å². The van der Waals surface area contributed by atoms with Crippen molar-refractivity contribution in [3.8, 4) is 11.5 Å². The molecule has 3 aliphatic heterocycles. The summed E-state index contributed by atoms with van der Waals surface area (Å²) in [7, 11) is 0. The molecule has 7 aromatic carbocycles. The van der Waals surface area contributed by atoms with Gasteiger partial charge in [0, 0.05) is 37.2 Å². The molecule has 0 atom stereocenters. The van der Waals surface area contributed by atoms with E-state index >= 15 is 0 Å². The van der Waals surface area contributed by atoms with Gasteiger partial charge in [0.05, 0.1) is 5.41 Å². The Hall–Kier alpha value is -5.58. The Kier molecular flexibility index (Phi) is 5.04. The summed E-state index contributed by atoms with van der Waals surface area (Å²) in [5, 5.41) is 2.63. The summed E-state index contributed by atoms with van der Waals surface area (Å²) >= 11 is 1.87. The third kappa shape index (κ3) is 3.21. The van der Waals surface area contributed by atoms with E-state index in [0.29, 0.717) is 0 Å². The molecule has 3 aliphatic rings. The Morgan fingerprint density at radius 2 is 1.09 bits per heavy atom. The number of nitrogens with zero attached hydrogens (tertiary/aromatic N) is 1. The van der Waals surface area contributed by atoms with Crippen molar-refractivity contribution in [3.63, 3.8) is 0 Å². The molecule has 11 rings (SSSR count). The Bertz CT molecular complexity index is 2530. The van der Waals surface area contributed by atoms with Gasteiger partial charge in [-0.3, -0.25) is 0 Å². The maximum Gasteiger partial charge on any atom is 0.257 e. The highest BCUT2D eigenvalue weighted by atomic mass is 32.1. The predicted octanol–water partition coefficient (Wildman–Crippen LogP) is 9.16. The molecule has 0 bridgehead atoms. The maximum atomic E-state index is 6.88. The molecule has 218 valence electrons. The van der Waals surface area contributed by atoms with Crippen molar-refractivity contribution < 1.29 is 4.74 Å². The van der Waals surface area contributed by atoms with Gasteiger partial charge in [-0.25, -0.2) is 0 Å². The third-order valence-electron chi connectivity index (χ3n) is 10.6. The number of anilines is 3. The van der Waals surface area contributed by atoms with Crippen molar-refractivity contribution >= 4 is 71.7 Å². The van der Waals surface area contributed by atoms with E-state index in [1.54, 1.807) is 0 Å². The van der Waals surface area contributed by atoms with Gasteiger partial charge in [0.1, 0.15) is 11.5 Å². The van der Waals surface area contributed by atoms with Crippen LogP contribution in [0.4, 0.5) is 17.1 Å². The molecule has 0 amide bonds. The van der Waals surface area contributed by atoms with Crippen LogP contribution >= 0.6 is 11.3 Å². The lowest BCUT2D eigenvalue weighted by molar-refractivity contribution is 0.485. The smallest absolute Gasteiger partial charge is 0.257 e. The van der Waals surface area contributed by atoms with E-state index in [4.69, 9.17) is 4.74 Å². The largest absolute Gasteiger partial charge is 0.458 e. The Morgan fingerprint density at radius 1 is 0.489 bits per heavy atom. The molecule has 0 spiro atoms. The predicted molar refractivity (Wildman–Crippen MR) is 197 cm³/mol. The van der Waals surface area contributed by atoms with Gasteiger partial charge in [-0.15, -0.1) is 11.3 Å². The van der Waals surface area contributed by atoms with Crippen LogP contribution in [0.1, 0.15) is 22.3 Å². The molecule has 1 aromatic heterocycles. The molecule has 2 nitrogen and oxygen atoms in total. The van der Waals surface area contributed by atoms with E-state index in [2.05, 4.69) is 163 Å². The van der Waals surface area contributed by atoms with Gasteiger partial charge in [0.25, 0.3) is 6.71 Å². The van der Waals surface area contributed by atoms with Gasteiger partial charge in [-0.1, -0.05) is 115 Å². The second-order valence-electron chi connectivity index (χ2n) is 12.8. The average molecular weight is 616 g/mol. The average Bonchev–Trinajstić information content (AvgIpc) is 3.51. The Labute approximate surface area is 277 Å². The van der Waals surface area contributed by atoms with Crippen molar-refractivity contribution in [2.45, 2.75) is 5.41 Å². The topological polar surface area (TPSA) is 12.5 Å². The minimum atomic E-state index is -0.524. The third-order valence-corrected chi connectivity index (χ3v) is 11.7. The highest BCUT2D eigenvalue weighted by Gasteiger charge is 2.54. The fraction of sp³-hybridized carbons (Fsp3) is 0.0233. The van der Waals surface area contributed by atoms with Crippen molar-refractivity contribution in [3.05, 3.63) is 180 Å². The molecule has 4 heteroatoms. The fourth-order valence-corrected chi connectivity index (χ4v) is 10.0. The quantitative estimate of drug-likeness (QED) is 0.184. The number of hydrogen-bond donors (Lipinski definition) is 0. The SMILES string of the molecule is c1ccc(C2(c3ccccc3)c3cccc4c3B3c5c(cccc5N(c5ccc6c(c5)sc5ccccc56)c5cccc2c53)O4)cc1. The van der Waals surface area contributed by atoms with E-state index in [1.807, 2.05) is 11.3 Å². The Balaban J connectivity index is 1.28. The van der Waals surface area contributed by atoms with E-state index in [0.717, 1.165) is 11.5 Å². The number of ether oxygens (including phenoxy) is 1. The fourth-order valence-electron chi connectivity index (χ4n) is 8.87. The lowest BCUT2D eigenvalue weighted by Gasteiger charge is -2.50. The van der Waals surface area contributed by atoms with Crippen molar-refractivity contribution in [1.82, 2.24) is 0 Å².